The Labute approximate surface area is 234 Å². The minimum absolute atomic E-state index is 0.0411. The van der Waals surface area contributed by atoms with Gasteiger partial charge in [0.2, 0.25) is 0 Å². The third-order valence-corrected chi connectivity index (χ3v) is 7.42. The van der Waals surface area contributed by atoms with Gasteiger partial charge in [0.25, 0.3) is 5.91 Å². The van der Waals surface area contributed by atoms with E-state index >= 15 is 4.39 Å². The first-order chi connectivity index (χ1) is 20.2. The number of benzene rings is 2. The van der Waals surface area contributed by atoms with Crippen molar-refractivity contribution >= 4 is 33.7 Å². The third-order valence-electron chi connectivity index (χ3n) is 7.42. The summed E-state index contributed by atoms with van der Waals surface area (Å²) in [4.78, 5) is 29.3. The zero-order valence-electron chi connectivity index (χ0n) is 22.0. The molecule has 10 heteroatoms. The molecule has 2 aromatic carbocycles. The molecular weight excluding hydrogens is 519 g/mol. The molecule has 0 bridgehead atoms. The van der Waals surface area contributed by atoms with E-state index in [-0.39, 0.29) is 11.6 Å². The number of piperidine rings is 1. The number of carbonyl (C=O) groups is 1. The number of carbonyl (C=O) groups excluding carboxylic acids is 1. The number of hydrogen-bond acceptors (Lipinski definition) is 7. The lowest BCUT2D eigenvalue weighted by molar-refractivity contribution is 0.0968. The van der Waals surface area contributed by atoms with E-state index in [1.54, 1.807) is 41.7 Å². The van der Waals surface area contributed by atoms with Crippen molar-refractivity contribution in [3.05, 3.63) is 103 Å². The van der Waals surface area contributed by atoms with Crippen molar-refractivity contribution in [1.82, 2.24) is 35.3 Å². The molecule has 7 rings (SSSR count). The van der Waals surface area contributed by atoms with E-state index < -0.39 is 11.7 Å². The number of nitrogens with one attached hydrogen (secondary N) is 1. The van der Waals surface area contributed by atoms with E-state index in [1.165, 1.54) is 16.8 Å². The number of amides is 1. The summed E-state index contributed by atoms with van der Waals surface area (Å²) in [6.45, 7) is 1.46. The molecule has 0 radical (unpaired) electrons. The van der Waals surface area contributed by atoms with Gasteiger partial charge in [0.1, 0.15) is 17.2 Å². The lowest BCUT2D eigenvalue weighted by Gasteiger charge is -2.34. The van der Waals surface area contributed by atoms with Gasteiger partial charge in [0.15, 0.2) is 5.65 Å². The molecule has 1 aliphatic rings. The van der Waals surface area contributed by atoms with E-state index in [9.17, 15) is 4.79 Å². The predicted molar refractivity (Wildman–Crippen MR) is 154 cm³/mol. The van der Waals surface area contributed by atoms with E-state index in [2.05, 4.69) is 30.6 Å². The number of nitrogens with zero attached hydrogens (tertiary/aromatic N) is 7. The highest BCUT2D eigenvalue weighted by Gasteiger charge is 2.31. The molecule has 0 spiro atoms. The fraction of sp³-hybridized carbons (Fsp3) is 0.161. The van der Waals surface area contributed by atoms with Crippen molar-refractivity contribution in [2.24, 2.45) is 0 Å². The summed E-state index contributed by atoms with van der Waals surface area (Å²) in [6, 6.07) is 21.5. The molecule has 1 saturated heterocycles. The first kappa shape index (κ1) is 24.9. The predicted octanol–water partition coefficient (Wildman–Crippen LogP) is 4.96. The van der Waals surface area contributed by atoms with Crippen LogP contribution in [-0.2, 0) is 0 Å². The lowest BCUT2D eigenvalue weighted by Crippen LogP contribution is -2.49. The minimum Gasteiger partial charge on any atom is -0.315 e. The normalized spacial score (nSPS) is 15.3. The van der Waals surface area contributed by atoms with Gasteiger partial charge in [-0.1, -0.05) is 17.3 Å². The molecule has 1 fully saturated rings. The van der Waals surface area contributed by atoms with Crippen LogP contribution < -0.4 is 10.2 Å². The maximum Gasteiger partial charge on any atom is 0.262 e. The quantitative estimate of drug-likeness (QED) is 0.327. The maximum absolute atomic E-state index is 15.7. The minimum atomic E-state index is -0.654. The van der Waals surface area contributed by atoms with Crippen LogP contribution in [0.4, 0.5) is 10.2 Å². The zero-order chi connectivity index (χ0) is 27.8. The van der Waals surface area contributed by atoms with Gasteiger partial charge < -0.3 is 5.32 Å². The Kier molecular flexibility index (Phi) is 6.36. The molecule has 1 aliphatic heterocycles. The van der Waals surface area contributed by atoms with Crippen LogP contribution in [0.25, 0.3) is 38.9 Å². The zero-order valence-corrected chi connectivity index (χ0v) is 22.0. The fourth-order valence-corrected chi connectivity index (χ4v) is 5.41. The largest absolute Gasteiger partial charge is 0.315 e. The maximum atomic E-state index is 15.7. The summed E-state index contributed by atoms with van der Waals surface area (Å²) in [5.41, 5.74) is 3.30. The van der Waals surface area contributed by atoms with Crippen molar-refractivity contribution < 1.29 is 9.18 Å². The molecule has 41 heavy (non-hydrogen) atoms. The topological polar surface area (TPSA) is 102 Å². The summed E-state index contributed by atoms with van der Waals surface area (Å²) in [5, 5.41) is 13.3. The Bertz CT molecular complexity index is 1880. The van der Waals surface area contributed by atoms with Crippen molar-refractivity contribution in [3.8, 4) is 16.9 Å². The molecule has 1 amide bonds. The van der Waals surface area contributed by atoms with Crippen LogP contribution in [0.15, 0.2) is 91.4 Å². The van der Waals surface area contributed by atoms with Crippen LogP contribution in [0.2, 0.25) is 0 Å². The first-order valence-corrected chi connectivity index (χ1v) is 13.5. The molecule has 9 nitrogen and oxygen atoms in total. The van der Waals surface area contributed by atoms with Gasteiger partial charge in [-0.2, -0.15) is 4.68 Å². The number of rotatable bonds is 5. The van der Waals surface area contributed by atoms with Gasteiger partial charge in [-0.05, 0) is 79.4 Å². The average molecular weight is 545 g/mol. The highest BCUT2D eigenvalue weighted by atomic mass is 19.1. The second-order valence-electron chi connectivity index (χ2n) is 9.97. The van der Waals surface area contributed by atoms with Crippen LogP contribution in [0.5, 0.6) is 0 Å². The Morgan fingerprint density at radius 3 is 2.71 bits per heavy atom. The summed E-state index contributed by atoms with van der Waals surface area (Å²) in [5.74, 6) is -0.597. The molecule has 1 atom stereocenters. The smallest absolute Gasteiger partial charge is 0.262 e. The number of fused-ring (bicyclic) bond motifs is 2. The Morgan fingerprint density at radius 1 is 0.951 bits per heavy atom. The molecule has 5 heterocycles. The second-order valence-corrected chi connectivity index (χ2v) is 9.97. The van der Waals surface area contributed by atoms with Gasteiger partial charge in [-0.3, -0.25) is 14.7 Å². The standard InChI is InChI=1S/C31H25FN8O/c32-26-18-22(40-30-28(37-38-40)7-4-15-35-30)9-11-25(26)31(41)39(23-5-3-13-33-19-23)29-24-10-8-21(17-20(24)12-16-36-29)27-6-1-2-14-34-27/h1-2,4,6-12,14-18,23,33H,3,5,13,19H2. The van der Waals surface area contributed by atoms with Crippen LogP contribution in [0.1, 0.15) is 23.2 Å². The van der Waals surface area contributed by atoms with E-state index in [4.69, 9.17) is 0 Å². The molecule has 0 aliphatic carbocycles. The number of aromatic nitrogens is 6. The van der Waals surface area contributed by atoms with Crippen LogP contribution >= 0.6 is 0 Å². The highest BCUT2D eigenvalue weighted by molar-refractivity contribution is 6.10. The van der Waals surface area contributed by atoms with Crippen molar-refractivity contribution in [2.75, 3.05) is 18.0 Å². The van der Waals surface area contributed by atoms with Crippen LogP contribution in [0, 0.1) is 5.82 Å². The fourth-order valence-electron chi connectivity index (χ4n) is 5.41. The van der Waals surface area contributed by atoms with Gasteiger partial charge in [-0.15, -0.1) is 5.10 Å². The highest BCUT2D eigenvalue weighted by Crippen LogP contribution is 2.32. The molecule has 202 valence electrons. The van der Waals surface area contributed by atoms with E-state index in [0.717, 1.165) is 41.4 Å². The molecule has 1 unspecified atom stereocenters. The third kappa shape index (κ3) is 4.57. The van der Waals surface area contributed by atoms with Crippen molar-refractivity contribution in [2.45, 2.75) is 18.9 Å². The second kappa shape index (κ2) is 10.5. The molecule has 0 saturated carbocycles. The number of anilines is 1. The first-order valence-electron chi connectivity index (χ1n) is 13.5. The lowest BCUT2D eigenvalue weighted by atomic mass is 10.0. The monoisotopic (exact) mass is 544 g/mol. The average Bonchev–Trinajstić information content (AvgIpc) is 3.46. The van der Waals surface area contributed by atoms with Crippen molar-refractivity contribution in [3.63, 3.8) is 0 Å². The van der Waals surface area contributed by atoms with E-state index in [1.807, 2.05) is 42.5 Å². The molecule has 1 N–H and O–H groups in total. The number of hydrogen-bond donors (Lipinski definition) is 1. The summed E-state index contributed by atoms with van der Waals surface area (Å²) in [6.07, 6.45) is 6.76. The van der Waals surface area contributed by atoms with Gasteiger partial charge in [0, 0.05) is 42.2 Å². The Morgan fingerprint density at radius 2 is 1.88 bits per heavy atom. The summed E-state index contributed by atoms with van der Waals surface area (Å²) < 4.78 is 17.2. The SMILES string of the molecule is O=C(c1ccc(-n2nnc3cccnc32)cc1F)N(c1nccc2cc(-c3ccccn3)ccc12)C1CCCNC1. The van der Waals surface area contributed by atoms with Gasteiger partial charge >= 0.3 is 0 Å². The number of pyridine rings is 3. The van der Waals surface area contributed by atoms with Crippen LogP contribution in [-0.4, -0.2) is 55.0 Å². The van der Waals surface area contributed by atoms with Crippen molar-refractivity contribution in [1.29, 1.82) is 0 Å². The molecule has 4 aromatic heterocycles. The summed E-state index contributed by atoms with van der Waals surface area (Å²) in [7, 11) is 0. The van der Waals surface area contributed by atoms with Crippen LogP contribution in [0.3, 0.4) is 0 Å². The van der Waals surface area contributed by atoms with Gasteiger partial charge in [0.05, 0.1) is 23.0 Å². The summed E-state index contributed by atoms with van der Waals surface area (Å²) >= 11 is 0. The number of halogens is 1. The Hall–Kier alpha value is -5.09. The Balaban J connectivity index is 1.30. The van der Waals surface area contributed by atoms with Gasteiger partial charge in [-0.25, -0.2) is 14.4 Å². The van der Waals surface area contributed by atoms with E-state index in [0.29, 0.717) is 29.2 Å². The molecule has 6 aromatic rings. The molecular formula is C31H25FN8O.